The van der Waals surface area contributed by atoms with Gasteiger partial charge >= 0.3 is 0 Å². The average Bonchev–Trinajstić information content (AvgIpc) is 2.43. The third-order valence-electron chi connectivity index (χ3n) is 2.56. The third kappa shape index (κ3) is 3.34. The number of nitro benzene ring substituents is 1. The second-order valence-electron chi connectivity index (χ2n) is 3.98. The molecule has 0 radical (unpaired) electrons. The number of amides is 1. The Hall–Kier alpha value is -2.48. The Balaban J connectivity index is 2.41. The Morgan fingerprint density at radius 3 is 2.43 bits per heavy atom. The van der Waals surface area contributed by atoms with Gasteiger partial charge in [0.05, 0.1) is 9.82 Å². The molecule has 0 aromatic heterocycles. The lowest BCUT2D eigenvalue weighted by Gasteiger charge is -2.05. The molecule has 2 rings (SSSR count). The molecule has 0 spiro atoms. The summed E-state index contributed by atoms with van der Waals surface area (Å²) in [5, 5.41) is 11.0. The van der Waals surface area contributed by atoms with Crippen molar-refractivity contribution in [2.75, 3.05) is 0 Å². The van der Waals surface area contributed by atoms with Crippen LogP contribution in [-0.4, -0.2) is 10.8 Å². The van der Waals surface area contributed by atoms with E-state index in [4.69, 9.17) is 5.73 Å². The summed E-state index contributed by atoms with van der Waals surface area (Å²) < 4.78 is 26.0. The molecule has 5 nitrogen and oxygen atoms in total. The van der Waals surface area contributed by atoms with Crippen molar-refractivity contribution < 1.29 is 18.5 Å². The largest absolute Gasteiger partial charge is 0.366 e. The number of carbonyl (C=O) groups excluding carboxylic acids is 1. The highest BCUT2D eigenvalue weighted by molar-refractivity contribution is 7.99. The average molecular weight is 310 g/mol. The standard InChI is InChI=1S/C13H8F2N2O3S/c14-9-3-2-8(6-10(9)15)21-12-4-1-7(13(16)18)5-11(12)17(19)20/h1-6H,(H2,16,18). The fourth-order valence-corrected chi connectivity index (χ4v) is 2.49. The number of nitrogens with zero attached hydrogens (tertiary/aromatic N) is 1. The fourth-order valence-electron chi connectivity index (χ4n) is 1.57. The normalized spacial score (nSPS) is 10.4. The van der Waals surface area contributed by atoms with E-state index in [1.165, 1.54) is 18.2 Å². The van der Waals surface area contributed by atoms with Gasteiger partial charge in [0.2, 0.25) is 5.91 Å². The van der Waals surface area contributed by atoms with Crippen molar-refractivity contribution in [2.45, 2.75) is 9.79 Å². The molecule has 2 N–H and O–H groups in total. The predicted molar refractivity (Wildman–Crippen MR) is 72.1 cm³/mol. The quantitative estimate of drug-likeness (QED) is 0.694. The third-order valence-corrected chi connectivity index (χ3v) is 3.61. The van der Waals surface area contributed by atoms with Gasteiger partial charge in [0.25, 0.3) is 5.69 Å². The van der Waals surface area contributed by atoms with Gasteiger partial charge in [0.1, 0.15) is 0 Å². The number of hydrogen-bond donors (Lipinski definition) is 1. The summed E-state index contributed by atoms with van der Waals surface area (Å²) in [7, 11) is 0. The van der Waals surface area contributed by atoms with Gasteiger partial charge < -0.3 is 5.73 Å². The molecular weight excluding hydrogens is 302 g/mol. The molecule has 0 aliphatic rings. The number of benzene rings is 2. The number of nitrogens with two attached hydrogens (primary N) is 1. The van der Waals surface area contributed by atoms with Crippen molar-refractivity contribution in [3.8, 4) is 0 Å². The van der Waals surface area contributed by atoms with Gasteiger partial charge in [-0.1, -0.05) is 11.8 Å². The van der Waals surface area contributed by atoms with E-state index in [2.05, 4.69) is 0 Å². The summed E-state index contributed by atoms with van der Waals surface area (Å²) in [6.45, 7) is 0. The second kappa shape index (κ2) is 5.88. The van der Waals surface area contributed by atoms with Crippen molar-refractivity contribution in [3.63, 3.8) is 0 Å². The summed E-state index contributed by atoms with van der Waals surface area (Å²) in [5.41, 5.74) is 4.73. The maximum atomic E-state index is 13.1. The molecule has 1 amide bonds. The fraction of sp³-hybridized carbons (Fsp3) is 0. The second-order valence-corrected chi connectivity index (χ2v) is 5.10. The van der Waals surface area contributed by atoms with Crippen LogP contribution < -0.4 is 5.73 Å². The van der Waals surface area contributed by atoms with Crippen LogP contribution >= 0.6 is 11.8 Å². The summed E-state index contributed by atoms with van der Waals surface area (Å²) in [6.07, 6.45) is 0. The van der Waals surface area contributed by atoms with Gasteiger partial charge in [-0.05, 0) is 30.3 Å². The minimum Gasteiger partial charge on any atom is -0.366 e. The molecule has 2 aromatic carbocycles. The van der Waals surface area contributed by atoms with Gasteiger partial charge in [-0.15, -0.1) is 0 Å². The molecule has 0 aliphatic heterocycles. The topological polar surface area (TPSA) is 86.2 Å². The summed E-state index contributed by atoms with van der Waals surface area (Å²) >= 11 is 0.885. The summed E-state index contributed by atoms with van der Waals surface area (Å²) in [4.78, 5) is 21.9. The maximum Gasteiger partial charge on any atom is 0.284 e. The van der Waals surface area contributed by atoms with Crippen LogP contribution in [0.1, 0.15) is 10.4 Å². The minimum absolute atomic E-state index is 0.00339. The number of primary amides is 1. The Bertz CT molecular complexity index is 737. The van der Waals surface area contributed by atoms with E-state index in [1.807, 2.05) is 0 Å². The number of halogens is 2. The van der Waals surface area contributed by atoms with Gasteiger partial charge in [0, 0.05) is 16.5 Å². The maximum absolute atomic E-state index is 13.1. The van der Waals surface area contributed by atoms with Gasteiger partial charge in [-0.3, -0.25) is 14.9 Å². The van der Waals surface area contributed by atoms with E-state index < -0.39 is 22.5 Å². The molecule has 0 saturated heterocycles. The van der Waals surface area contributed by atoms with E-state index in [9.17, 15) is 23.7 Å². The predicted octanol–water partition coefficient (Wildman–Crippen LogP) is 3.12. The molecule has 0 unspecified atom stereocenters. The molecule has 2 aromatic rings. The van der Waals surface area contributed by atoms with Crippen molar-refractivity contribution in [3.05, 3.63) is 63.7 Å². The van der Waals surface area contributed by atoms with Crippen LogP contribution in [0.25, 0.3) is 0 Å². The zero-order chi connectivity index (χ0) is 15.6. The first-order chi connectivity index (χ1) is 9.88. The Morgan fingerprint density at radius 1 is 1.14 bits per heavy atom. The van der Waals surface area contributed by atoms with E-state index in [0.717, 1.165) is 30.0 Å². The van der Waals surface area contributed by atoms with Crippen molar-refractivity contribution in [1.82, 2.24) is 0 Å². The SMILES string of the molecule is NC(=O)c1ccc(Sc2ccc(F)c(F)c2)c([N+](=O)[O-])c1. The Morgan fingerprint density at radius 2 is 1.86 bits per heavy atom. The van der Waals surface area contributed by atoms with E-state index in [0.29, 0.717) is 4.90 Å². The molecule has 0 saturated carbocycles. The molecule has 0 heterocycles. The zero-order valence-electron chi connectivity index (χ0n) is 10.4. The number of hydrogen-bond acceptors (Lipinski definition) is 4. The van der Waals surface area contributed by atoms with E-state index in [-0.39, 0.29) is 16.1 Å². The van der Waals surface area contributed by atoms with Crippen LogP contribution in [0.5, 0.6) is 0 Å². The Labute approximate surface area is 121 Å². The van der Waals surface area contributed by atoms with Crippen LogP contribution in [0.2, 0.25) is 0 Å². The highest BCUT2D eigenvalue weighted by Crippen LogP contribution is 2.35. The molecule has 0 bridgehead atoms. The smallest absolute Gasteiger partial charge is 0.284 e. The zero-order valence-corrected chi connectivity index (χ0v) is 11.2. The first kappa shape index (κ1) is 14.9. The minimum atomic E-state index is -1.04. The number of rotatable bonds is 4. The number of carbonyl (C=O) groups is 1. The molecule has 108 valence electrons. The molecule has 21 heavy (non-hydrogen) atoms. The summed E-state index contributed by atoms with van der Waals surface area (Å²) in [6, 6.07) is 6.88. The van der Waals surface area contributed by atoms with Crippen molar-refractivity contribution in [1.29, 1.82) is 0 Å². The first-order valence-electron chi connectivity index (χ1n) is 5.59. The molecule has 0 fully saturated rings. The van der Waals surface area contributed by atoms with Crippen LogP contribution in [0.15, 0.2) is 46.2 Å². The van der Waals surface area contributed by atoms with Crippen LogP contribution in [0, 0.1) is 21.7 Å². The lowest BCUT2D eigenvalue weighted by Crippen LogP contribution is -2.11. The molecule has 0 aliphatic carbocycles. The summed E-state index contributed by atoms with van der Waals surface area (Å²) in [5.74, 6) is -2.84. The first-order valence-corrected chi connectivity index (χ1v) is 6.41. The highest BCUT2D eigenvalue weighted by Gasteiger charge is 2.18. The molecule has 0 atom stereocenters. The monoisotopic (exact) mass is 310 g/mol. The lowest BCUT2D eigenvalue weighted by atomic mass is 10.2. The van der Waals surface area contributed by atoms with E-state index >= 15 is 0 Å². The van der Waals surface area contributed by atoms with Crippen molar-refractivity contribution >= 4 is 23.4 Å². The molecular formula is C13H8F2N2O3S. The van der Waals surface area contributed by atoms with Crippen LogP contribution in [-0.2, 0) is 0 Å². The highest BCUT2D eigenvalue weighted by atomic mass is 32.2. The number of nitro groups is 1. The van der Waals surface area contributed by atoms with Gasteiger partial charge in [-0.25, -0.2) is 8.78 Å². The van der Waals surface area contributed by atoms with Crippen molar-refractivity contribution in [2.24, 2.45) is 5.73 Å². The van der Waals surface area contributed by atoms with Gasteiger partial charge in [0.15, 0.2) is 11.6 Å². The van der Waals surface area contributed by atoms with E-state index in [1.54, 1.807) is 0 Å². The molecule has 8 heteroatoms. The van der Waals surface area contributed by atoms with Gasteiger partial charge in [-0.2, -0.15) is 0 Å². The Kier molecular flexibility index (Phi) is 4.18. The van der Waals surface area contributed by atoms with Crippen LogP contribution in [0.4, 0.5) is 14.5 Å². The van der Waals surface area contributed by atoms with Crippen LogP contribution in [0.3, 0.4) is 0 Å². The lowest BCUT2D eigenvalue weighted by molar-refractivity contribution is -0.387.